The first-order valence-corrected chi connectivity index (χ1v) is 2.52. The second kappa shape index (κ2) is 4.54. The lowest BCUT2D eigenvalue weighted by Gasteiger charge is -1.97. The van der Waals surface area contributed by atoms with Crippen LogP contribution in [-0.2, 0) is 0 Å². The van der Waals surface area contributed by atoms with Gasteiger partial charge in [0.2, 0.25) is 0 Å². The molecule has 0 fully saturated rings. The summed E-state index contributed by atoms with van der Waals surface area (Å²) in [6.07, 6.45) is -0.458. The fraction of sp³-hybridized carbons (Fsp3) is 0.800. The van der Waals surface area contributed by atoms with Crippen molar-refractivity contribution >= 4 is 0 Å². The molecule has 0 spiro atoms. The number of halogens is 1. The van der Waals surface area contributed by atoms with E-state index < -0.39 is 6.17 Å². The second-order valence-electron chi connectivity index (χ2n) is 1.53. The Kier molecular flexibility index (Phi) is 4.19. The van der Waals surface area contributed by atoms with Crippen molar-refractivity contribution in [3.8, 4) is 6.07 Å². The van der Waals surface area contributed by atoms with Crippen molar-refractivity contribution in [2.75, 3.05) is 6.54 Å². The van der Waals surface area contributed by atoms with Crippen molar-refractivity contribution in [1.29, 1.82) is 5.26 Å². The summed E-state index contributed by atoms with van der Waals surface area (Å²) >= 11 is 0. The van der Waals surface area contributed by atoms with Crippen molar-refractivity contribution in [3.05, 3.63) is 0 Å². The predicted molar refractivity (Wildman–Crippen MR) is 28.8 cm³/mol. The second-order valence-corrected chi connectivity index (χ2v) is 1.53. The monoisotopic (exact) mass is 116 g/mol. The van der Waals surface area contributed by atoms with Crippen LogP contribution in [0.2, 0.25) is 0 Å². The quantitative estimate of drug-likeness (QED) is 0.586. The molecular formula is C5H9FN2. The molecule has 46 valence electrons. The van der Waals surface area contributed by atoms with Gasteiger partial charge in [-0.2, -0.15) is 5.26 Å². The first-order chi connectivity index (χ1) is 3.81. The summed E-state index contributed by atoms with van der Waals surface area (Å²) in [6.45, 7) is 0.0294. The molecule has 0 saturated carbocycles. The van der Waals surface area contributed by atoms with E-state index in [1.807, 2.05) is 6.07 Å². The van der Waals surface area contributed by atoms with E-state index in [1.165, 1.54) is 0 Å². The molecule has 0 aliphatic carbocycles. The molecule has 0 aromatic rings. The Morgan fingerprint density at radius 1 is 1.75 bits per heavy atom. The van der Waals surface area contributed by atoms with Crippen molar-refractivity contribution in [2.24, 2.45) is 5.73 Å². The molecule has 0 aromatic carbocycles. The average molecular weight is 116 g/mol. The molecule has 2 N–H and O–H groups in total. The number of hydrogen-bond donors (Lipinski definition) is 1. The molecule has 0 saturated heterocycles. The van der Waals surface area contributed by atoms with Gasteiger partial charge in [0.1, 0.15) is 6.17 Å². The maximum absolute atomic E-state index is 12.0. The molecule has 0 aromatic heterocycles. The van der Waals surface area contributed by atoms with Crippen molar-refractivity contribution < 1.29 is 4.39 Å². The third-order valence-corrected chi connectivity index (χ3v) is 0.825. The Balaban J connectivity index is 3.01. The summed E-state index contributed by atoms with van der Waals surface area (Å²) < 4.78 is 12.0. The van der Waals surface area contributed by atoms with Crippen molar-refractivity contribution in [2.45, 2.75) is 19.0 Å². The van der Waals surface area contributed by atoms with E-state index in [4.69, 9.17) is 11.0 Å². The van der Waals surface area contributed by atoms with Gasteiger partial charge in [-0.15, -0.1) is 0 Å². The first kappa shape index (κ1) is 7.38. The molecular weight excluding hydrogens is 107 g/mol. The van der Waals surface area contributed by atoms with Gasteiger partial charge in [0.25, 0.3) is 0 Å². The number of alkyl halides is 1. The number of nitriles is 1. The lowest BCUT2D eigenvalue weighted by atomic mass is 10.2. The maximum atomic E-state index is 12.0. The van der Waals surface area contributed by atoms with Gasteiger partial charge in [-0.1, -0.05) is 0 Å². The van der Waals surface area contributed by atoms with E-state index in [2.05, 4.69) is 0 Å². The Bertz CT molecular complexity index is 86.9. The predicted octanol–water partition coefficient (Wildman–Crippen LogP) is 0.587. The van der Waals surface area contributed by atoms with Crippen LogP contribution in [-0.4, -0.2) is 12.7 Å². The van der Waals surface area contributed by atoms with E-state index >= 15 is 0 Å². The van der Waals surface area contributed by atoms with Crippen LogP contribution in [0.3, 0.4) is 0 Å². The van der Waals surface area contributed by atoms with Crippen LogP contribution in [0.4, 0.5) is 4.39 Å². The van der Waals surface area contributed by atoms with Gasteiger partial charge in [-0.05, 0) is 6.42 Å². The molecule has 8 heavy (non-hydrogen) atoms. The SMILES string of the molecule is N#CCCC(F)CN. The van der Waals surface area contributed by atoms with Crippen molar-refractivity contribution in [3.63, 3.8) is 0 Å². The van der Waals surface area contributed by atoms with Crippen LogP contribution in [0.5, 0.6) is 0 Å². The van der Waals surface area contributed by atoms with Crippen LogP contribution >= 0.6 is 0 Å². The van der Waals surface area contributed by atoms with Crippen LogP contribution in [0.1, 0.15) is 12.8 Å². The summed E-state index contributed by atoms with van der Waals surface area (Å²) in [5, 5.41) is 7.95. The molecule has 2 nitrogen and oxygen atoms in total. The zero-order valence-electron chi connectivity index (χ0n) is 4.60. The van der Waals surface area contributed by atoms with Crippen LogP contribution < -0.4 is 5.73 Å². The van der Waals surface area contributed by atoms with Gasteiger partial charge in [-0.3, -0.25) is 0 Å². The lowest BCUT2D eigenvalue weighted by molar-refractivity contribution is 0.325. The van der Waals surface area contributed by atoms with Crippen LogP contribution in [0.25, 0.3) is 0 Å². The molecule has 0 aliphatic rings. The molecule has 0 bridgehead atoms. The van der Waals surface area contributed by atoms with E-state index in [-0.39, 0.29) is 19.4 Å². The molecule has 0 heterocycles. The molecule has 0 radical (unpaired) electrons. The summed E-state index contributed by atoms with van der Waals surface area (Å²) in [7, 11) is 0. The zero-order chi connectivity index (χ0) is 6.41. The van der Waals surface area contributed by atoms with Crippen LogP contribution in [0, 0.1) is 11.3 Å². The number of rotatable bonds is 3. The third-order valence-electron chi connectivity index (χ3n) is 0.825. The number of nitrogens with zero attached hydrogens (tertiary/aromatic N) is 1. The van der Waals surface area contributed by atoms with Gasteiger partial charge in [0.15, 0.2) is 0 Å². The number of nitrogens with two attached hydrogens (primary N) is 1. The van der Waals surface area contributed by atoms with E-state index in [9.17, 15) is 4.39 Å². The van der Waals surface area contributed by atoms with Gasteiger partial charge < -0.3 is 5.73 Å². The topological polar surface area (TPSA) is 49.8 Å². The van der Waals surface area contributed by atoms with Gasteiger partial charge >= 0.3 is 0 Å². The molecule has 0 amide bonds. The standard InChI is InChI=1S/C5H9FN2/c6-5(4-8)2-1-3-7/h5H,1-2,4,8H2. The Morgan fingerprint density at radius 2 is 2.38 bits per heavy atom. The third kappa shape index (κ3) is 3.57. The highest BCUT2D eigenvalue weighted by molar-refractivity contribution is 4.71. The van der Waals surface area contributed by atoms with Crippen LogP contribution in [0.15, 0.2) is 0 Å². The fourth-order valence-corrected chi connectivity index (χ4v) is 0.339. The first-order valence-electron chi connectivity index (χ1n) is 2.52. The zero-order valence-corrected chi connectivity index (χ0v) is 4.60. The summed E-state index contributed by atoms with van der Waals surface area (Å²) in [6, 6.07) is 1.84. The largest absolute Gasteiger partial charge is 0.328 e. The van der Waals surface area contributed by atoms with Gasteiger partial charge in [-0.25, -0.2) is 4.39 Å². The molecule has 0 rings (SSSR count). The average Bonchev–Trinajstić information content (AvgIpc) is 1.83. The van der Waals surface area contributed by atoms with Gasteiger partial charge in [0.05, 0.1) is 6.07 Å². The normalized spacial score (nSPS) is 12.6. The highest BCUT2D eigenvalue weighted by Crippen LogP contribution is 1.97. The van der Waals surface area contributed by atoms with E-state index in [0.29, 0.717) is 0 Å². The Hall–Kier alpha value is -0.620. The van der Waals surface area contributed by atoms with E-state index in [1.54, 1.807) is 0 Å². The smallest absolute Gasteiger partial charge is 0.113 e. The summed E-state index contributed by atoms with van der Waals surface area (Å²) in [4.78, 5) is 0. The molecule has 1 atom stereocenters. The molecule has 0 aliphatic heterocycles. The Labute approximate surface area is 48.1 Å². The molecule has 1 unspecified atom stereocenters. The van der Waals surface area contributed by atoms with Crippen molar-refractivity contribution in [1.82, 2.24) is 0 Å². The highest BCUT2D eigenvalue weighted by Gasteiger charge is 2.00. The fourth-order valence-electron chi connectivity index (χ4n) is 0.339. The lowest BCUT2D eigenvalue weighted by Crippen LogP contribution is -2.14. The minimum Gasteiger partial charge on any atom is -0.328 e. The number of hydrogen-bond acceptors (Lipinski definition) is 2. The summed E-state index contributed by atoms with van der Waals surface area (Å²) in [5.74, 6) is 0. The molecule has 3 heteroatoms. The highest BCUT2D eigenvalue weighted by atomic mass is 19.1. The minimum absolute atomic E-state index is 0.0294. The van der Waals surface area contributed by atoms with E-state index in [0.717, 1.165) is 0 Å². The Morgan fingerprint density at radius 3 is 2.75 bits per heavy atom. The minimum atomic E-state index is -0.991. The summed E-state index contributed by atoms with van der Waals surface area (Å²) in [5.41, 5.74) is 4.93. The van der Waals surface area contributed by atoms with Gasteiger partial charge in [0, 0.05) is 13.0 Å². The maximum Gasteiger partial charge on any atom is 0.113 e.